The average molecular weight is 933 g/mol. The topological polar surface area (TPSA) is 27.7 Å². The molecule has 25 heteroatoms. The maximum atomic E-state index is 15.4. The number of ether oxygens (including phenoxy) is 3. The van der Waals surface area contributed by atoms with Gasteiger partial charge in [0.05, 0.1) is 27.3 Å². The second-order valence-electron chi connectivity index (χ2n) is 13.4. The molecule has 5 aromatic carbocycles. The third-order valence-electron chi connectivity index (χ3n) is 9.76. The third-order valence-corrected chi connectivity index (χ3v) is 9.76. The molecular weight excluding hydrogens is 909 g/mol. The smallest absolute Gasteiger partial charge is 0.221 e. The molecule has 0 heterocycles. The summed E-state index contributed by atoms with van der Waals surface area (Å²) in [6, 6.07) is 10.3. The summed E-state index contributed by atoms with van der Waals surface area (Å²) >= 11 is 0. The van der Waals surface area contributed by atoms with E-state index in [1.807, 2.05) is 18.2 Å². The highest BCUT2D eigenvalue weighted by Gasteiger charge is 2.52. The number of halogens is 20. The van der Waals surface area contributed by atoms with Crippen LogP contribution in [0.15, 0.2) is 30.3 Å². The van der Waals surface area contributed by atoms with Crippen LogP contribution in [-0.2, 0) is 14.2 Å². The first-order valence-corrected chi connectivity index (χ1v) is 17.0. The van der Waals surface area contributed by atoms with E-state index in [0.29, 0.717) is 24.3 Å². The van der Waals surface area contributed by atoms with E-state index in [-0.39, 0.29) is 6.23 Å². The molecule has 4 nitrogen and oxygen atoms in total. The summed E-state index contributed by atoms with van der Waals surface area (Å²) in [7, 11) is 7.60. The number of methoxy groups -OCH3 is 2. The van der Waals surface area contributed by atoms with Gasteiger partial charge in [-0.3, -0.25) is 4.48 Å². The molecule has 0 radical (unpaired) electrons. The average Bonchev–Trinajstić information content (AvgIpc) is 3.26. The van der Waals surface area contributed by atoms with Crippen molar-refractivity contribution in [3.63, 3.8) is 0 Å². The van der Waals surface area contributed by atoms with Crippen LogP contribution in [0, 0.1) is 116 Å². The molecule has 342 valence electrons. The van der Waals surface area contributed by atoms with Crippen LogP contribution in [0.4, 0.5) is 93.5 Å². The fraction of sp³-hybridized carbons (Fsp3) is 0.211. The molecule has 0 spiro atoms. The minimum absolute atomic E-state index is 0.0486. The van der Waals surface area contributed by atoms with Gasteiger partial charge < -0.3 is 14.2 Å². The van der Waals surface area contributed by atoms with Crippen LogP contribution in [-0.4, -0.2) is 60.5 Å². The molecule has 0 saturated carbocycles. The Morgan fingerprint density at radius 3 is 0.873 bits per heavy atom. The van der Waals surface area contributed by atoms with Crippen LogP contribution in [0.25, 0.3) is 0 Å². The molecule has 0 aliphatic carbocycles. The second kappa shape index (κ2) is 19.1. The Kier molecular flexibility index (Phi) is 15.3. The van der Waals surface area contributed by atoms with Gasteiger partial charge in [-0.05, 0) is 12.1 Å². The molecule has 0 bridgehead atoms. The van der Waals surface area contributed by atoms with Crippen LogP contribution in [0.5, 0.6) is 0 Å². The largest absolute Gasteiger partial charge is 0.382 e. The molecule has 0 amide bonds. The summed E-state index contributed by atoms with van der Waals surface area (Å²) < 4.78 is 311. The first-order valence-electron chi connectivity index (χ1n) is 17.0. The van der Waals surface area contributed by atoms with E-state index in [1.54, 1.807) is 14.2 Å². The quantitative estimate of drug-likeness (QED) is 0.0244. The van der Waals surface area contributed by atoms with Gasteiger partial charge in [-0.1, -0.05) is 18.2 Å². The molecule has 0 aliphatic rings. The van der Waals surface area contributed by atoms with Crippen LogP contribution in [0.2, 0.25) is 0 Å². The van der Waals surface area contributed by atoms with Crippen molar-refractivity contribution in [1.29, 1.82) is 0 Å². The molecule has 0 aromatic heterocycles. The molecule has 0 saturated heterocycles. The number of benzene rings is 5. The van der Waals surface area contributed by atoms with Crippen LogP contribution >= 0.6 is 0 Å². The Morgan fingerprint density at radius 1 is 0.381 bits per heavy atom. The summed E-state index contributed by atoms with van der Waals surface area (Å²) in [5.74, 6) is -71.4. The van der Waals surface area contributed by atoms with E-state index in [9.17, 15) is 52.7 Å². The van der Waals surface area contributed by atoms with Gasteiger partial charge in [-0.25, -0.2) is 87.8 Å². The van der Waals surface area contributed by atoms with Crippen molar-refractivity contribution >= 4 is 33.7 Å². The van der Waals surface area contributed by atoms with Crippen molar-refractivity contribution in [2.24, 2.45) is 0 Å². The number of rotatable bonds is 12. The predicted octanol–water partition coefficient (Wildman–Crippen LogP) is 7.74. The first-order chi connectivity index (χ1) is 29.3. The summed E-state index contributed by atoms with van der Waals surface area (Å²) in [4.78, 5) is 0. The van der Waals surface area contributed by atoms with Gasteiger partial charge in [0.15, 0.2) is 69.8 Å². The fourth-order valence-corrected chi connectivity index (χ4v) is 6.68. The lowest BCUT2D eigenvalue weighted by Gasteiger charge is -2.44. The van der Waals surface area contributed by atoms with Crippen molar-refractivity contribution in [2.75, 3.05) is 48.1 Å². The monoisotopic (exact) mass is 933 g/mol. The maximum Gasteiger partial charge on any atom is 0.221 e. The minimum Gasteiger partial charge on any atom is -0.382 e. The van der Waals surface area contributed by atoms with Crippen molar-refractivity contribution in [1.82, 2.24) is 4.48 Å². The molecule has 0 aliphatic heterocycles. The van der Waals surface area contributed by atoms with E-state index < -0.39 is 144 Å². The molecule has 0 fully saturated rings. The summed E-state index contributed by atoms with van der Waals surface area (Å²) in [6.07, 6.45) is -7.27. The van der Waals surface area contributed by atoms with Crippen molar-refractivity contribution < 1.29 is 102 Å². The zero-order chi connectivity index (χ0) is 47.8. The molecule has 63 heavy (non-hydrogen) atoms. The molecular formula is C38H24BF20NO3. The molecule has 0 N–H and O–H groups in total. The second-order valence-corrected chi connectivity index (χ2v) is 13.4. The predicted molar refractivity (Wildman–Crippen MR) is 183 cm³/mol. The van der Waals surface area contributed by atoms with Gasteiger partial charge in [0.25, 0.3) is 0 Å². The zero-order valence-electron chi connectivity index (χ0n) is 31.9. The van der Waals surface area contributed by atoms with Crippen molar-refractivity contribution in [3.05, 3.63) is 147 Å². The van der Waals surface area contributed by atoms with E-state index in [2.05, 4.69) is 26.2 Å². The van der Waals surface area contributed by atoms with Gasteiger partial charge in [-0.15, -0.1) is 21.9 Å². The zero-order valence-corrected chi connectivity index (χ0v) is 31.9. The molecule has 1 atom stereocenters. The third kappa shape index (κ3) is 8.30. The standard InChI is InChI=1S/C24BF20.C14H24NO3/c26-5-1(6(27)14(35)21(42)13(5)34)25(2-7(28)15(36)22(43)16(37)8(2)29,3-9(30)17(38)23(44)18(39)10(3)31)4-11(32)19(40)24(45)20(41)12(4)33;1-15(2,13-8-6-5-7-9-13)14(12-17-4)18-11-10-16-3/h;5-9,14H,10-12H2,1-4H3/q-1;+1. The maximum absolute atomic E-state index is 15.4. The van der Waals surface area contributed by atoms with E-state index in [1.165, 1.54) is 5.69 Å². The van der Waals surface area contributed by atoms with E-state index in [4.69, 9.17) is 14.2 Å². The number of likely N-dealkylation sites (N-methyl/N-ethyl adjacent to an activating group) is 1. The van der Waals surface area contributed by atoms with Crippen LogP contribution in [0.1, 0.15) is 0 Å². The molecule has 1 unspecified atom stereocenters. The van der Waals surface area contributed by atoms with Crippen molar-refractivity contribution in [3.8, 4) is 0 Å². The number of hydrogen-bond donors (Lipinski definition) is 0. The van der Waals surface area contributed by atoms with Gasteiger partial charge >= 0.3 is 0 Å². The lowest BCUT2D eigenvalue weighted by molar-refractivity contribution is -0.0832. The fourth-order valence-electron chi connectivity index (χ4n) is 6.68. The molecule has 5 aromatic rings. The SMILES string of the molecule is COCCOC(COC)[N+](C)(C)c1ccccc1.Fc1c(F)c(F)c([B-](c2c(F)c(F)c(F)c(F)c2F)(c2c(F)c(F)c(F)c(F)c2F)c2c(F)c(F)c(F)c(F)c2F)c(F)c1F. The minimum atomic E-state index is -7.22. The van der Waals surface area contributed by atoms with Crippen LogP contribution < -0.4 is 26.3 Å². The Morgan fingerprint density at radius 2 is 0.635 bits per heavy atom. The van der Waals surface area contributed by atoms with E-state index in [0.717, 1.165) is 0 Å². The number of nitrogens with zero attached hydrogens (tertiary/aromatic N) is 1. The van der Waals surface area contributed by atoms with E-state index >= 15 is 35.1 Å². The number of hydrogen-bond acceptors (Lipinski definition) is 3. The van der Waals surface area contributed by atoms with Gasteiger partial charge in [-0.2, -0.15) is 0 Å². The van der Waals surface area contributed by atoms with Gasteiger partial charge in [0.1, 0.15) is 65.0 Å². The van der Waals surface area contributed by atoms with Crippen LogP contribution in [0.3, 0.4) is 0 Å². The Labute approximate surface area is 341 Å². The molecule has 5 rings (SSSR count). The normalized spacial score (nSPS) is 12.4. The Balaban J connectivity index is 0.000000405. The Bertz CT molecular complexity index is 2160. The highest BCUT2D eigenvalue weighted by Crippen LogP contribution is 2.31. The Hall–Kier alpha value is -5.40. The van der Waals surface area contributed by atoms with Crippen molar-refractivity contribution in [2.45, 2.75) is 6.23 Å². The summed E-state index contributed by atoms with van der Waals surface area (Å²) in [5, 5.41) is 0. The van der Waals surface area contributed by atoms with Gasteiger partial charge in [0.2, 0.25) is 6.23 Å². The lowest BCUT2D eigenvalue weighted by atomic mass is 9.12. The number of para-hydroxylation sites is 1. The number of quaternary nitrogens is 1. The summed E-state index contributed by atoms with van der Waals surface area (Å²) in [5.41, 5.74) is -13.1. The van der Waals surface area contributed by atoms with Gasteiger partial charge in [0, 0.05) is 14.2 Å². The first kappa shape index (κ1) is 50.3. The highest BCUT2D eigenvalue weighted by atomic mass is 19.2. The lowest BCUT2D eigenvalue weighted by Crippen LogP contribution is -2.81. The summed E-state index contributed by atoms with van der Waals surface area (Å²) in [6.45, 7) is 1.71. The highest BCUT2D eigenvalue weighted by molar-refractivity contribution is 7.20.